The Labute approximate surface area is 196 Å². The van der Waals surface area contributed by atoms with Crippen LogP contribution in [0.2, 0.25) is 0 Å². The van der Waals surface area contributed by atoms with E-state index < -0.39 is 0 Å². The van der Waals surface area contributed by atoms with E-state index in [0.29, 0.717) is 24.9 Å². The maximum atomic E-state index is 13.0. The highest BCUT2D eigenvalue weighted by atomic mass is 16.7. The molecule has 2 saturated heterocycles. The molecule has 2 aromatic rings. The van der Waals surface area contributed by atoms with Gasteiger partial charge >= 0.3 is 6.03 Å². The normalized spacial score (nSPS) is 23.5. The van der Waals surface area contributed by atoms with E-state index in [0.717, 1.165) is 37.2 Å². The number of carbonyl (C=O) groups excluding carboxylic acids is 1. The molecule has 1 aliphatic carbocycles. The van der Waals surface area contributed by atoms with Crippen LogP contribution in [0.3, 0.4) is 0 Å². The lowest BCUT2D eigenvalue weighted by atomic mass is 9.85. The highest BCUT2D eigenvalue weighted by molar-refractivity contribution is 5.77. The van der Waals surface area contributed by atoms with Gasteiger partial charge in [0.15, 0.2) is 0 Å². The molecule has 33 heavy (non-hydrogen) atoms. The molecule has 7 nitrogen and oxygen atoms in total. The van der Waals surface area contributed by atoms with Crippen LogP contribution in [0, 0.1) is 5.92 Å². The number of aromatic nitrogens is 2. The van der Waals surface area contributed by atoms with Gasteiger partial charge in [0.1, 0.15) is 12.6 Å². The minimum absolute atomic E-state index is 0.0871. The van der Waals surface area contributed by atoms with Crippen molar-refractivity contribution in [2.45, 2.75) is 95.7 Å². The zero-order valence-electron chi connectivity index (χ0n) is 19.5. The van der Waals surface area contributed by atoms with Crippen LogP contribution in [0.5, 0.6) is 0 Å². The number of hydrogen-bond acceptors (Lipinski definition) is 5. The first kappa shape index (κ1) is 22.4. The molecule has 1 aromatic heterocycles. The lowest BCUT2D eigenvalue weighted by Gasteiger charge is -2.27. The van der Waals surface area contributed by atoms with Crippen molar-refractivity contribution >= 4 is 6.03 Å². The molecule has 178 valence electrons. The third-order valence-corrected chi connectivity index (χ3v) is 7.53. The molecule has 1 saturated carbocycles. The van der Waals surface area contributed by atoms with Crippen LogP contribution in [-0.2, 0) is 17.9 Å². The van der Waals surface area contributed by atoms with Crippen molar-refractivity contribution in [1.29, 1.82) is 0 Å². The molecule has 3 aliphatic rings. The molecule has 2 bridgehead atoms. The molecule has 3 fully saturated rings. The average molecular weight is 453 g/mol. The number of urea groups is 1. The fourth-order valence-electron chi connectivity index (χ4n) is 5.64. The van der Waals surface area contributed by atoms with Crippen LogP contribution in [-0.4, -0.2) is 38.8 Å². The molecule has 0 radical (unpaired) electrons. The fourth-order valence-corrected chi connectivity index (χ4v) is 5.64. The highest BCUT2D eigenvalue weighted by Crippen LogP contribution is 2.38. The van der Waals surface area contributed by atoms with Gasteiger partial charge < -0.3 is 9.32 Å². The molecule has 2 aliphatic heterocycles. The topological polar surface area (TPSA) is 71.7 Å². The molecule has 0 N–H and O–H groups in total. The predicted octanol–water partition coefficient (Wildman–Crippen LogP) is 5.83. The number of amides is 2. The monoisotopic (exact) mass is 452 g/mol. The Hall–Kier alpha value is -2.41. The summed E-state index contributed by atoms with van der Waals surface area (Å²) in [7, 11) is 0. The van der Waals surface area contributed by atoms with Crippen LogP contribution in [0.4, 0.5) is 4.79 Å². The number of rotatable bonds is 10. The van der Waals surface area contributed by atoms with Crippen molar-refractivity contribution in [1.82, 2.24) is 20.2 Å². The summed E-state index contributed by atoms with van der Waals surface area (Å²) in [6.45, 7) is 1.05. The number of nitrogens with zero attached hydrogens (tertiary/aromatic N) is 4. The van der Waals surface area contributed by atoms with E-state index >= 15 is 0 Å². The number of carbonyl (C=O) groups is 1. The summed E-state index contributed by atoms with van der Waals surface area (Å²) in [5, 5.41) is 10.1. The van der Waals surface area contributed by atoms with Gasteiger partial charge in [0.2, 0.25) is 11.8 Å². The van der Waals surface area contributed by atoms with Crippen molar-refractivity contribution in [3.63, 3.8) is 0 Å². The number of hydrogen-bond donors (Lipinski definition) is 0. The van der Waals surface area contributed by atoms with Crippen molar-refractivity contribution in [2.24, 2.45) is 5.92 Å². The molecular formula is C26H36N4O3. The summed E-state index contributed by atoms with van der Waals surface area (Å²) >= 11 is 0. The molecule has 5 rings (SSSR count). The van der Waals surface area contributed by atoms with Gasteiger partial charge in [-0.05, 0) is 30.7 Å². The lowest BCUT2D eigenvalue weighted by molar-refractivity contribution is -0.140. The number of benzene rings is 1. The van der Waals surface area contributed by atoms with Gasteiger partial charge in [-0.15, -0.1) is 10.2 Å². The van der Waals surface area contributed by atoms with Crippen molar-refractivity contribution in [2.75, 3.05) is 6.54 Å². The van der Waals surface area contributed by atoms with E-state index in [9.17, 15) is 4.79 Å². The fraction of sp³-hybridized carbons (Fsp3) is 0.654. The van der Waals surface area contributed by atoms with Crippen LogP contribution < -0.4 is 0 Å². The van der Waals surface area contributed by atoms with Crippen molar-refractivity contribution < 1.29 is 14.0 Å². The zero-order valence-corrected chi connectivity index (χ0v) is 19.5. The Morgan fingerprint density at radius 1 is 0.970 bits per heavy atom. The van der Waals surface area contributed by atoms with Gasteiger partial charge in [0.25, 0.3) is 0 Å². The van der Waals surface area contributed by atoms with E-state index in [-0.39, 0.29) is 18.1 Å². The van der Waals surface area contributed by atoms with Gasteiger partial charge in [-0.25, -0.2) is 4.79 Å². The molecule has 2 atom stereocenters. The lowest BCUT2D eigenvalue weighted by Crippen LogP contribution is -2.34. The number of unbranched alkanes of at least 4 members (excludes halogenated alkanes) is 2. The molecular weight excluding hydrogens is 416 g/mol. The van der Waals surface area contributed by atoms with Crippen LogP contribution in [0.25, 0.3) is 0 Å². The minimum Gasteiger partial charge on any atom is -0.423 e. The molecule has 0 unspecified atom stereocenters. The van der Waals surface area contributed by atoms with E-state index in [1.807, 2.05) is 35.2 Å². The van der Waals surface area contributed by atoms with E-state index in [1.54, 1.807) is 5.06 Å². The Balaban J connectivity index is 1.09. The number of aryl methyl sites for hydroxylation is 1. The Morgan fingerprint density at radius 2 is 1.82 bits per heavy atom. The first-order chi connectivity index (χ1) is 16.3. The van der Waals surface area contributed by atoms with Crippen molar-refractivity contribution in [3.05, 3.63) is 47.7 Å². The second-order valence-electron chi connectivity index (χ2n) is 9.90. The largest absolute Gasteiger partial charge is 0.423 e. The average Bonchev–Trinajstić information content (AvgIpc) is 3.42. The van der Waals surface area contributed by atoms with Gasteiger partial charge in [-0.1, -0.05) is 81.7 Å². The summed E-state index contributed by atoms with van der Waals surface area (Å²) in [5.74, 6) is 2.23. The molecule has 2 amide bonds. The highest BCUT2D eigenvalue weighted by Gasteiger charge is 2.47. The predicted molar refractivity (Wildman–Crippen MR) is 124 cm³/mol. The maximum Gasteiger partial charge on any atom is 0.345 e. The minimum atomic E-state index is -0.147. The van der Waals surface area contributed by atoms with E-state index in [2.05, 4.69) is 10.2 Å². The Bertz CT molecular complexity index is 896. The van der Waals surface area contributed by atoms with Gasteiger partial charge in [0.05, 0.1) is 6.04 Å². The van der Waals surface area contributed by atoms with Crippen LogP contribution in [0.1, 0.15) is 94.0 Å². The number of hydroxylamine groups is 2. The summed E-state index contributed by atoms with van der Waals surface area (Å²) in [6.07, 6.45) is 14.6. The van der Waals surface area contributed by atoms with E-state index in [4.69, 9.17) is 9.25 Å². The second-order valence-corrected chi connectivity index (χ2v) is 9.90. The first-order valence-electron chi connectivity index (χ1n) is 12.9. The number of piperidine rings is 1. The van der Waals surface area contributed by atoms with Crippen molar-refractivity contribution in [3.8, 4) is 0 Å². The quantitative estimate of drug-likeness (QED) is 0.424. The standard InChI is InChI=1S/C26H36N4O3/c31-26-29-18-22(30(26)32-19-21-13-7-2-8-14-21)16-17-23(29)25-28-27-24(33-25)15-9-3-6-12-20-10-4-1-5-11-20/h2,7-8,13-14,20,22-23H,1,3-6,9-12,15-19H2/t22-,23+/m1/s1. The molecule has 3 heterocycles. The van der Waals surface area contributed by atoms with Gasteiger partial charge in [0, 0.05) is 13.0 Å². The van der Waals surface area contributed by atoms with E-state index in [1.165, 1.54) is 51.4 Å². The van der Waals surface area contributed by atoms with Gasteiger partial charge in [-0.2, -0.15) is 5.06 Å². The zero-order chi connectivity index (χ0) is 22.5. The summed E-state index contributed by atoms with van der Waals surface area (Å²) in [5.41, 5.74) is 1.05. The Morgan fingerprint density at radius 3 is 2.67 bits per heavy atom. The maximum absolute atomic E-state index is 13.0. The summed E-state index contributed by atoms with van der Waals surface area (Å²) < 4.78 is 6.01. The molecule has 1 aromatic carbocycles. The number of fused-ring (bicyclic) bond motifs is 2. The third kappa shape index (κ3) is 5.40. The van der Waals surface area contributed by atoms with Gasteiger partial charge in [-0.3, -0.25) is 4.84 Å². The second kappa shape index (κ2) is 10.7. The smallest absolute Gasteiger partial charge is 0.345 e. The SMILES string of the molecule is O=C1N2C[C@@H](CC[C@H]2c2nnc(CCCCCC3CCCCC3)o2)N1OCc1ccccc1. The van der Waals surface area contributed by atoms with Crippen LogP contribution in [0.15, 0.2) is 34.7 Å². The molecule has 0 spiro atoms. The first-order valence-corrected chi connectivity index (χ1v) is 12.9. The summed E-state index contributed by atoms with van der Waals surface area (Å²) in [6, 6.07) is 9.79. The molecule has 7 heteroatoms. The van der Waals surface area contributed by atoms with Crippen LogP contribution >= 0.6 is 0 Å². The summed E-state index contributed by atoms with van der Waals surface area (Å²) in [4.78, 5) is 20.7. The third-order valence-electron chi connectivity index (χ3n) is 7.53. The Kier molecular flexibility index (Phi) is 7.24.